The van der Waals surface area contributed by atoms with Gasteiger partial charge in [-0.3, -0.25) is 4.79 Å². The fourth-order valence-electron chi connectivity index (χ4n) is 2.55. The molecule has 124 valence electrons. The summed E-state index contributed by atoms with van der Waals surface area (Å²) < 4.78 is 6.97. The molecule has 0 spiro atoms. The lowest BCUT2D eigenvalue weighted by Crippen LogP contribution is -2.29. The minimum absolute atomic E-state index is 0.00102. The first kappa shape index (κ1) is 16.0. The van der Waals surface area contributed by atoms with Crippen LogP contribution in [0.2, 0.25) is 0 Å². The summed E-state index contributed by atoms with van der Waals surface area (Å²) in [4.78, 5) is 18.1. The van der Waals surface area contributed by atoms with Crippen molar-refractivity contribution in [3.63, 3.8) is 0 Å². The smallest absolute Gasteiger partial charge is 0.223 e. The minimum atomic E-state index is -0.00102. The Morgan fingerprint density at radius 2 is 2.08 bits per heavy atom. The summed E-state index contributed by atoms with van der Waals surface area (Å²) in [6, 6.07) is 11.7. The number of benzene rings is 1. The summed E-state index contributed by atoms with van der Waals surface area (Å²) in [7, 11) is 1.83. The van der Waals surface area contributed by atoms with Gasteiger partial charge in [-0.05, 0) is 36.8 Å². The van der Waals surface area contributed by atoms with Gasteiger partial charge < -0.3 is 9.32 Å². The van der Waals surface area contributed by atoms with Gasteiger partial charge >= 0.3 is 0 Å². The third-order valence-corrected chi connectivity index (χ3v) is 4.20. The summed E-state index contributed by atoms with van der Waals surface area (Å²) >= 11 is 0. The predicted molar refractivity (Wildman–Crippen MR) is 89.6 cm³/mol. The molecule has 0 fully saturated rings. The standard InChI is InChI=1S/C18H20N4O2/c1-14(21(2)18(23)10-9-17-4-3-11-24-17)15-5-7-16(8-6-15)22-13-19-12-20-22/h3-8,11-14H,9-10H2,1-2H3. The Bertz CT molecular complexity index is 764. The number of amides is 1. The first-order valence-electron chi connectivity index (χ1n) is 7.88. The SMILES string of the molecule is CC(c1ccc(-n2cncn2)cc1)N(C)C(=O)CCc1ccco1. The van der Waals surface area contributed by atoms with Crippen LogP contribution in [-0.2, 0) is 11.2 Å². The van der Waals surface area contributed by atoms with Gasteiger partial charge in [-0.15, -0.1) is 0 Å². The van der Waals surface area contributed by atoms with E-state index in [2.05, 4.69) is 10.1 Å². The van der Waals surface area contributed by atoms with Crippen molar-refractivity contribution in [1.82, 2.24) is 19.7 Å². The van der Waals surface area contributed by atoms with Crippen molar-refractivity contribution in [3.05, 3.63) is 66.6 Å². The molecule has 1 unspecified atom stereocenters. The number of nitrogens with zero attached hydrogens (tertiary/aromatic N) is 4. The Kier molecular flexibility index (Phi) is 4.74. The summed E-state index contributed by atoms with van der Waals surface area (Å²) in [5.74, 6) is 0.931. The van der Waals surface area contributed by atoms with Crippen LogP contribution in [0.1, 0.15) is 30.7 Å². The van der Waals surface area contributed by atoms with Crippen LogP contribution in [0.15, 0.2) is 59.7 Å². The lowest BCUT2D eigenvalue weighted by atomic mass is 10.1. The Morgan fingerprint density at radius 1 is 1.29 bits per heavy atom. The van der Waals surface area contributed by atoms with Crippen LogP contribution in [0, 0.1) is 0 Å². The molecule has 1 aromatic carbocycles. The number of hydrogen-bond acceptors (Lipinski definition) is 4. The highest BCUT2D eigenvalue weighted by atomic mass is 16.3. The van der Waals surface area contributed by atoms with Gasteiger partial charge in [0.05, 0.1) is 18.0 Å². The van der Waals surface area contributed by atoms with E-state index >= 15 is 0 Å². The summed E-state index contributed by atoms with van der Waals surface area (Å²) in [6.07, 6.45) is 5.84. The van der Waals surface area contributed by atoms with E-state index in [1.807, 2.05) is 50.4 Å². The second-order valence-electron chi connectivity index (χ2n) is 5.69. The van der Waals surface area contributed by atoms with Gasteiger partial charge in [0.15, 0.2) is 0 Å². The summed E-state index contributed by atoms with van der Waals surface area (Å²) in [5.41, 5.74) is 2.02. The van der Waals surface area contributed by atoms with Crippen LogP contribution in [0.3, 0.4) is 0 Å². The van der Waals surface area contributed by atoms with Gasteiger partial charge in [-0.25, -0.2) is 9.67 Å². The van der Waals surface area contributed by atoms with Crippen LogP contribution >= 0.6 is 0 Å². The van der Waals surface area contributed by atoms with E-state index < -0.39 is 0 Å². The highest BCUT2D eigenvalue weighted by Gasteiger charge is 2.17. The number of aryl methyl sites for hydroxylation is 1. The maximum absolute atomic E-state index is 12.4. The third kappa shape index (κ3) is 3.53. The fourth-order valence-corrected chi connectivity index (χ4v) is 2.55. The molecule has 0 radical (unpaired) electrons. The fraction of sp³-hybridized carbons (Fsp3) is 0.278. The van der Waals surface area contributed by atoms with E-state index in [1.165, 1.54) is 6.33 Å². The van der Waals surface area contributed by atoms with Crippen molar-refractivity contribution in [1.29, 1.82) is 0 Å². The van der Waals surface area contributed by atoms with Crippen LogP contribution < -0.4 is 0 Å². The molecule has 0 aliphatic heterocycles. The highest BCUT2D eigenvalue weighted by molar-refractivity contribution is 5.76. The number of rotatable bonds is 6. The van der Waals surface area contributed by atoms with Gasteiger partial charge in [-0.2, -0.15) is 5.10 Å². The first-order chi connectivity index (χ1) is 11.6. The number of carbonyl (C=O) groups is 1. The second kappa shape index (κ2) is 7.12. The van der Waals surface area contributed by atoms with Gasteiger partial charge in [0, 0.05) is 19.9 Å². The lowest BCUT2D eigenvalue weighted by molar-refractivity contribution is -0.131. The third-order valence-electron chi connectivity index (χ3n) is 4.20. The van der Waals surface area contributed by atoms with Crippen LogP contribution in [-0.4, -0.2) is 32.6 Å². The van der Waals surface area contributed by atoms with Crippen molar-refractivity contribution in [2.45, 2.75) is 25.8 Å². The summed E-state index contributed by atoms with van der Waals surface area (Å²) in [5, 5.41) is 4.11. The zero-order valence-corrected chi connectivity index (χ0v) is 13.8. The Hall–Kier alpha value is -2.89. The number of carbonyl (C=O) groups excluding carboxylic acids is 1. The van der Waals surface area contributed by atoms with Gasteiger partial charge in [-0.1, -0.05) is 12.1 Å². The topological polar surface area (TPSA) is 64.2 Å². The van der Waals surface area contributed by atoms with E-state index in [9.17, 15) is 4.79 Å². The monoisotopic (exact) mass is 324 g/mol. The molecular formula is C18H20N4O2. The average Bonchev–Trinajstić information content (AvgIpc) is 3.32. The molecule has 0 saturated carbocycles. The molecule has 6 heteroatoms. The Balaban J connectivity index is 1.62. The minimum Gasteiger partial charge on any atom is -0.469 e. The van der Waals surface area contributed by atoms with Crippen LogP contribution in [0.5, 0.6) is 0 Å². The molecule has 2 heterocycles. The molecule has 0 N–H and O–H groups in total. The molecule has 1 atom stereocenters. The molecular weight excluding hydrogens is 304 g/mol. The van der Waals surface area contributed by atoms with Crippen LogP contribution in [0.25, 0.3) is 5.69 Å². The zero-order valence-electron chi connectivity index (χ0n) is 13.8. The molecule has 0 bridgehead atoms. The van der Waals surface area contributed by atoms with Gasteiger partial charge in [0.2, 0.25) is 5.91 Å². The molecule has 6 nitrogen and oxygen atoms in total. The molecule has 0 aliphatic carbocycles. The second-order valence-corrected chi connectivity index (χ2v) is 5.69. The predicted octanol–water partition coefficient (Wildman–Crippen LogP) is 3.01. The average molecular weight is 324 g/mol. The van der Waals surface area contributed by atoms with E-state index in [4.69, 9.17) is 4.42 Å². The molecule has 1 amide bonds. The van der Waals surface area contributed by atoms with Crippen molar-refractivity contribution >= 4 is 5.91 Å². The number of hydrogen-bond donors (Lipinski definition) is 0. The quantitative estimate of drug-likeness (QED) is 0.699. The van der Waals surface area contributed by atoms with E-state index in [0.717, 1.165) is 17.0 Å². The van der Waals surface area contributed by atoms with Crippen molar-refractivity contribution < 1.29 is 9.21 Å². The van der Waals surface area contributed by atoms with Crippen molar-refractivity contribution in [2.24, 2.45) is 0 Å². The first-order valence-corrected chi connectivity index (χ1v) is 7.88. The van der Waals surface area contributed by atoms with Crippen molar-refractivity contribution in [2.75, 3.05) is 7.05 Å². The maximum atomic E-state index is 12.4. The number of aromatic nitrogens is 3. The van der Waals surface area contributed by atoms with Crippen molar-refractivity contribution in [3.8, 4) is 5.69 Å². The highest BCUT2D eigenvalue weighted by Crippen LogP contribution is 2.21. The summed E-state index contributed by atoms with van der Waals surface area (Å²) in [6.45, 7) is 2.02. The van der Waals surface area contributed by atoms with Gasteiger partial charge in [0.1, 0.15) is 18.4 Å². The largest absolute Gasteiger partial charge is 0.469 e. The van der Waals surface area contributed by atoms with Crippen LogP contribution in [0.4, 0.5) is 0 Å². The Morgan fingerprint density at radius 3 is 2.71 bits per heavy atom. The maximum Gasteiger partial charge on any atom is 0.223 e. The number of furan rings is 1. The Labute approximate surface area is 140 Å². The zero-order chi connectivity index (χ0) is 16.9. The molecule has 0 saturated heterocycles. The molecule has 3 aromatic rings. The van der Waals surface area contributed by atoms with E-state index in [0.29, 0.717) is 12.8 Å². The molecule has 24 heavy (non-hydrogen) atoms. The molecule has 0 aliphatic rings. The normalized spacial score (nSPS) is 12.1. The van der Waals surface area contributed by atoms with E-state index in [-0.39, 0.29) is 11.9 Å². The molecule has 3 rings (SSSR count). The lowest BCUT2D eigenvalue weighted by Gasteiger charge is -2.25. The van der Waals surface area contributed by atoms with Gasteiger partial charge in [0.25, 0.3) is 0 Å². The van der Waals surface area contributed by atoms with E-state index in [1.54, 1.807) is 22.2 Å². The molecule has 2 aromatic heterocycles.